The lowest BCUT2D eigenvalue weighted by atomic mass is 10.0. The van der Waals surface area contributed by atoms with Crippen molar-refractivity contribution in [3.63, 3.8) is 0 Å². The predicted molar refractivity (Wildman–Crippen MR) is 65.9 cm³/mol. The van der Waals surface area contributed by atoms with Gasteiger partial charge < -0.3 is 10.5 Å². The largest absolute Gasteiger partial charge is 0.495 e. The SMILES string of the molecule is COc1cncc(C(N)c2cscc2C)c1. The number of aryl methyl sites for hydroxylation is 1. The summed E-state index contributed by atoms with van der Waals surface area (Å²) in [5.74, 6) is 0.737. The molecule has 2 heterocycles. The van der Waals surface area contributed by atoms with Gasteiger partial charge in [0.25, 0.3) is 0 Å². The van der Waals surface area contributed by atoms with Crippen molar-refractivity contribution in [2.24, 2.45) is 5.73 Å². The zero-order chi connectivity index (χ0) is 11.5. The third-order valence-electron chi connectivity index (χ3n) is 2.56. The Bertz CT molecular complexity index is 481. The van der Waals surface area contributed by atoms with Crippen LogP contribution in [0, 0.1) is 6.92 Å². The van der Waals surface area contributed by atoms with Crippen LogP contribution >= 0.6 is 11.3 Å². The summed E-state index contributed by atoms with van der Waals surface area (Å²) < 4.78 is 5.14. The van der Waals surface area contributed by atoms with Gasteiger partial charge in [-0.3, -0.25) is 4.98 Å². The molecule has 16 heavy (non-hydrogen) atoms. The average molecular weight is 234 g/mol. The summed E-state index contributed by atoms with van der Waals surface area (Å²) in [7, 11) is 1.63. The average Bonchev–Trinajstić information content (AvgIpc) is 2.74. The molecule has 2 N–H and O–H groups in total. The molecular weight excluding hydrogens is 220 g/mol. The normalized spacial score (nSPS) is 12.4. The van der Waals surface area contributed by atoms with Crippen LogP contribution in [0.3, 0.4) is 0 Å². The van der Waals surface area contributed by atoms with Crippen LogP contribution in [-0.4, -0.2) is 12.1 Å². The highest BCUT2D eigenvalue weighted by molar-refractivity contribution is 7.08. The minimum Gasteiger partial charge on any atom is -0.495 e. The summed E-state index contributed by atoms with van der Waals surface area (Å²) in [4.78, 5) is 4.11. The number of hydrogen-bond acceptors (Lipinski definition) is 4. The first-order valence-electron chi connectivity index (χ1n) is 4.99. The summed E-state index contributed by atoms with van der Waals surface area (Å²) in [6.45, 7) is 2.07. The van der Waals surface area contributed by atoms with Crippen LogP contribution in [0.5, 0.6) is 5.75 Å². The summed E-state index contributed by atoms with van der Waals surface area (Å²) in [5.41, 5.74) is 9.54. The van der Waals surface area contributed by atoms with Gasteiger partial charge in [-0.15, -0.1) is 0 Å². The van der Waals surface area contributed by atoms with E-state index in [0.717, 1.165) is 16.9 Å². The first kappa shape index (κ1) is 11.1. The van der Waals surface area contributed by atoms with Crippen molar-refractivity contribution >= 4 is 11.3 Å². The maximum atomic E-state index is 6.20. The highest BCUT2D eigenvalue weighted by Gasteiger charge is 2.13. The van der Waals surface area contributed by atoms with E-state index in [2.05, 4.69) is 22.7 Å². The van der Waals surface area contributed by atoms with Crippen LogP contribution in [-0.2, 0) is 0 Å². The Hall–Kier alpha value is -1.39. The van der Waals surface area contributed by atoms with Gasteiger partial charge in [-0.25, -0.2) is 0 Å². The van der Waals surface area contributed by atoms with Crippen LogP contribution in [0.1, 0.15) is 22.7 Å². The zero-order valence-electron chi connectivity index (χ0n) is 9.31. The number of nitrogens with two attached hydrogens (primary N) is 1. The number of nitrogens with zero attached hydrogens (tertiary/aromatic N) is 1. The molecular formula is C12H14N2OS. The van der Waals surface area contributed by atoms with E-state index in [0.29, 0.717) is 0 Å². The summed E-state index contributed by atoms with van der Waals surface area (Å²) in [6, 6.07) is 1.79. The lowest BCUT2D eigenvalue weighted by Crippen LogP contribution is -2.12. The quantitative estimate of drug-likeness (QED) is 0.887. The van der Waals surface area contributed by atoms with Gasteiger partial charge in [0.2, 0.25) is 0 Å². The molecule has 3 nitrogen and oxygen atoms in total. The number of thiophene rings is 1. The molecule has 0 radical (unpaired) electrons. The Morgan fingerprint density at radius 1 is 1.38 bits per heavy atom. The van der Waals surface area contributed by atoms with Gasteiger partial charge in [-0.1, -0.05) is 0 Å². The van der Waals surface area contributed by atoms with E-state index in [1.54, 1.807) is 30.8 Å². The number of methoxy groups -OCH3 is 1. The molecule has 0 saturated carbocycles. The van der Waals surface area contributed by atoms with Crippen LogP contribution in [0.25, 0.3) is 0 Å². The summed E-state index contributed by atoms with van der Waals surface area (Å²) >= 11 is 1.67. The van der Waals surface area contributed by atoms with Crippen molar-refractivity contribution in [3.05, 3.63) is 45.9 Å². The minimum atomic E-state index is -0.131. The van der Waals surface area contributed by atoms with Crippen LogP contribution in [0.4, 0.5) is 0 Å². The fraction of sp³-hybridized carbons (Fsp3) is 0.250. The first-order valence-corrected chi connectivity index (χ1v) is 5.94. The molecule has 2 aromatic rings. The molecule has 0 aliphatic heterocycles. The maximum absolute atomic E-state index is 6.20. The summed E-state index contributed by atoms with van der Waals surface area (Å²) in [5, 5.41) is 4.18. The van der Waals surface area contributed by atoms with Crippen molar-refractivity contribution < 1.29 is 4.74 Å². The van der Waals surface area contributed by atoms with E-state index >= 15 is 0 Å². The third-order valence-corrected chi connectivity index (χ3v) is 3.44. The number of ether oxygens (including phenoxy) is 1. The molecule has 84 valence electrons. The van der Waals surface area contributed by atoms with E-state index < -0.39 is 0 Å². The Morgan fingerprint density at radius 2 is 2.19 bits per heavy atom. The smallest absolute Gasteiger partial charge is 0.137 e. The second-order valence-electron chi connectivity index (χ2n) is 3.65. The fourth-order valence-electron chi connectivity index (χ4n) is 1.59. The standard InChI is InChI=1S/C12H14N2OS/c1-8-6-16-7-11(8)12(13)9-3-10(15-2)5-14-4-9/h3-7,12H,13H2,1-2H3. The predicted octanol–water partition coefficient (Wildman–Crippen LogP) is 2.51. The third kappa shape index (κ3) is 2.08. The molecule has 0 bridgehead atoms. The number of hydrogen-bond donors (Lipinski definition) is 1. The number of pyridine rings is 1. The van der Waals surface area contributed by atoms with Gasteiger partial charge in [0.1, 0.15) is 5.75 Å². The first-order chi connectivity index (χ1) is 7.72. The van der Waals surface area contributed by atoms with Crippen LogP contribution < -0.4 is 10.5 Å². The molecule has 0 saturated heterocycles. The molecule has 0 aliphatic rings. The van der Waals surface area contributed by atoms with Gasteiger partial charge in [0.15, 0.2) is 0 Å². The lowest BCUT2D eigenvalue weighted by molar-refractivity contribution is 0.412. The van der Waals surface area contributed by atoms with Gasteiger partial charge in [0, 0.05) is 6.20 Å². The van der Waals surface area contributed by atoms with Crippen LogP contribution in [0.15, 0.2) is 29.2 Å². The Balaban J connectivity index is 2.33. The van der Waals surface area contributed by atoms with E-state index in [1.165, 1.54) is 5.56 Å². The van der Waals surface area contributed by atoms with Crippen molar-refractivity contribution in [3.8, 4) is 5.75 Å². The highest BCUT2D eigenvalue weighted by atomic mass is 32.1. The van der Waals surface area contributed by atoms with Crippen molar-refractivity contribution in [1.82, 2.24) is 4.98 Å². The molecule has 0 fully saturated rings. The molecule has 0 spiro atoms. The molecule has 2 rings (SSSR count). The number of rotatable bonds is 3. The van der Waals surface area contributed by atoms with Crippen molar-refractivity contribution in [2.45, 2.75) is 13.0 Å². The monoisotopic (exact) mass is 234 g/mol. The number of aromatic nitrogens is 1. The van der Waals surface area contributed by atoms with E-state index in [9.17, 15) is 0 Å². The second-order valence-corrected chi connectivity index (χ2v) is 4.39. The molecule has 0 amide bonds. The van der Waals surface area contributed by atoms with E-state index in [-0.39, 0.29) is 6.04 Å². The molecule has 2 aromatic heterocycles. The van der Waals surface area contributed by atoms with Gasteiger partial charge >= 0.3 is 0 Å². The molecule has 1 unspecified atom stereocenters. The van der Waals surface area contributed by atoms with Gasteiger partial charge in [-0.05, 0) is 40.4 Å². The lowest BCUT2D eigenvalue weighted by Gasteiger charge is -2.12. The van der Waals surface area contributed by atoms with Gasteiger partial charge in [-0.2, -0.15) is 11.3 Å². The fourth-order valence-corrected chi connectivity index (χ4v) is 2.47. The topological polar surface area (TPSA) is 48.1 Å². The molecule has 1 atom stereocenters. The molecule has 0 aliphatic carbocycles. The molecule has 4 heteroatoms. The van der Waals surface area contributed by atoms with Crippen molar-refractivity contribution in [1.29, 1.82) is 0 Å². The van der Waals surface area contributed by atoms with Gasteiger partial charge in [0.05, 0.1) is 19.3 Å². The van der Waals surface area contributed by atoms with Crippen LogP contribution in [0.2, 0.25) is 0 Å². The minimum absolute atomic E-state index is 0.131. The Morgan fingerprint density at radius 3 is 2.81 bits per heavy atom. The maximum Gasteiger partial charge on any atom is 0.137 e. The summed E-state index contributed by atoms with van der Waals surface area (Å²) in [6.07, 6.45) is 3.46. The van der Waals surface area contributed by atoms with E-state index in [4.69, 9.17) is 10.5 Å². The zero-order valence-corrected chi connectivity index (χ0v) is 10.1. The highest BCUT2D eigenvalue weighted by Crippen LogP contribution is 2.26. The van der Waals surface area contributed by atoms with Crippen molar-refractivity contribution in [2.75, 3.05) is 7.11 Å². The Kier molecular flexibility index (Phi) is 3.22. The Labute approximate surface area is 98.9 Å². The second kappa shape index (κ2) is 4.63. The molecule has 0 aromatic carbocycles. The van der Waals surface area contributed by atoms with E-state index in [1.807, 2.05) is 6.07 Å².